The predicted molar refractivity (Wildman–Crippen MR) is 115 cm³/mol. The average molecular weight is 427 g/mol. The zero-order valence-electron chi connectivity index (χ0n) is 17.0. The quantitative estimate of drug-likeness (QED) is 0.459. The number of para-hydroxylation sites is 1. The smallest absolute Gasteiger partial charge is 0.416 e. The highest BCUT2D eigenvalue weighted by atomic mass is 19.4. The molecule has 0 aliphatic carbocycles. The Kier molecular flexibility index (Phi) is 6.35. The SMILES string of the molecule is FC(F)(F)c1ccc(COc2ccc(OC3CCN(c4ccccc4)CC3)cc2)cc1. The minimum absolute atomic E-state index is 0.180. The fraction of sp³-hybridized carbons (Fsp3) is 0.280. The van der Waals surface area contributed by atoms with Crippen molar-refractivity contribution in [3.63, 3.8) is 0 Å². The molecule has 3 aromatic rings. The summed E-state index contributed by atoms with van der Waals surface area (Å²) in [5.74, 6) is 1.44. The first kappa shape index (κ1) is 21.1. The molecule has 1 aliphatic rings. The lowest BCUT2D eigenvalue weighted by molar-refractivity contribution is -0.137. The third kappa shape index (κ3) is 5.72. The molecule has 1 aliphatic heterocycles. The lowest BCUT2D eigenvalue weighted by Gasteiger charge is -2.33. The monoisotopic (exact) mass is 427 g/mol. The molecule has 0 radical (unpaired) electrons. The van der Waals surface area contributed by atoms with Crippen molar-refractivity contribution >= 4 is 5.69 Å². The van der Waals surface area contributed by atoms with Crippen LogP contribution < -0.4 is 14.4 Å². The third-order valence-corrected chi connectivity index (χ3v) is 5.38. The van der Waals surface area contributed by atoms with Crippen molar-refractivity contribution in [2.45, 2.75) is 31.7 Å². The summed E-state index contributed by atoms with van der Waals surface area (Å²) in [6, 6.07) is 22.8. The number of piperidine rings is 1. The van der Waals surface area contributed by atoms with E-state index in [0.29, 0.717) is 11.3 Å². The van der Waals surface area contributed by atoms with Gasteiger partial charge < -0.3 is 14.4 Å². The van der Waals surface area contributed by atoms with Gasteiger partial charge in [0.2, 0.25) is 0 Å². The third-order valence-electron chi connectivity index (χ3n) is 5.38. The van der Waals surface area contributed by atoms with E-state index in [4.69, 9.17) is 9.47 Å². The minimum atomic E-state index is -4.33. The molecular formula is C25H24F3NO2. The van der Waals surface area contributed by atoms with Crippen LogP contribution >= 0.6 is 0 Å². The number of hydrogen-bond acceptors (Lipinski definition) is 3. The second kappa shape index (κ2) is 9.33. The van der Waals surface area contributed by atoms with Crippen LogP contribution in [-0.4, -0.2) is 19.2 Å². The summed E-state index contributed by atoms with van der Waals surface area (Å²) in [5, 5.41) is 0. The van der Waals surface area contributed by atoms with Gasteiger partial charge in [-0.05, 0) is 54.1 Å². The van der Waals surface area contributed by atoms with Crippen molar-refractivity contribution in [3.05, 3.63) is 90.0 Å². The molecule has 1 heterocycles. The molecule has 162 valence electrons. The highest BCUT2D eigenvalue weighted by Crippen LogP contribution is 2.29. The lowest BCUT2D eigenvalue weighted by Crippen LogP contribution is -2.38. The van der Waals surface area contributed by atoms with Gasteiger partial charge in [0.25, 0.3) is 0 Å². The van der Waals surface area contributed by atoms with E-state index in [1.54, 1.807) is 0 Å². The number of rotatable bonds is 6. The maximum atomic E-state index is 12.6. The van der Waals surface area contributed by atoms with Gasteiger partial charge in [-0.2, -0.15) is 13.2 Å². The van der Waals surface area contributed by atoms with Crippen LogP contribution in [0.2, 0.25) is 0 Å². The van der Waals surface area contributed by atoms with E-state index in [0.717, 1.165) is 43.8 Å². The van der Waals surface area contributed by atoms with Crippen LogP contribution in [0.25, 0.3) is 0 Å². The van der Waals surface area contributed by atoms with E-state index in [1.807, 2.05) is 30.3 Å². The van der Waals surface area contributed by atoms with Crippen molar-refractivity contribution in [1.29, 1.82) is 0 Å². The first-order valence-electron chi connectivity index (χ1n) is 10.3. The number of ether oxygens (including phenoxy) is 2. The Morgan fingerprint density at radius 2 is 1.39 bits per heavy atom. The van der Waals surface area contributed by atoms with Gasteiger partial charge >= 0.3 is 6.18 Å². The first-order valence-corrected chi connectivity index (χ1v) is 10.3. The molecular weight excluding hydrogens is 403 g/mol. The van der Waals surface area contributed by atoms with Crippen molar-refractivity contribution < 1.29 is 22.6 Å². The molecule has 31 heavy (non-hydrogen) atoms. The average Bonchev–Trinajstić information content (AvgIpc) is 2.79. The van der Waals surface area contributed by atoms with Crippen molar-refractivity contribution in [2.75, 3.05) is 18.0 Å². The van der Waals surface area contributed by atoms with Crippen LogP contribution in [0.1, 0.15) is 24.0 Å². The predicted octanol–water partition coefficient (Wildman–Crippen LogP) is 6.33. The van der Waals surface area contributed by atoms with Crippen LogP contribution in [0.4, 0.5) is 18.9 Å². The number of benzene rings is 3. The van der Waals surface area contributed by atoms with Crippen LogP contribution in [0, 0.1) is 0 Å². The summed E-state index contributed by atoms with van der Waals surface area (Å²) < 4.78 is 49.7. The second-order valence-electron chi connectivity index (χ2n) is 7.59. The first-order chi connectivity index (χ1) is 15.0. The van der Waals surface area contributed by atoms with E-state index in [1.165, 1.54) is 17.8 Å². The lowest BCUT2D eigenvalue weighted by atomic mass is 10.1. The Labute approximate surface area is 180 Å². The number of hydrogen-bond donors (Lipinski definition) is 0. The molecule has 4 rings (SSSR count). The van der Waals surface area contributed by atoms with Crippen molar-refractivity contribution in [3.8, 4) is 11.5 Å². The summed E-state index contributed by atoms with van der Waals surface area (Å²) in [6.07, 6.45) is -2.23. The van der Waals surface area contributed by atoms with E-state index in [2.05, 4.69) is 29.2 Å². The van der Waals surface area contributed by atoms with Crippen LogP contribution in [-0.2, 0) is 12.8 Å². The summed E-state index contributed by atoms with van der Waals surface area (Å²) in [7, 11) is 0. The Morgan fingerprint density at radius 1 is 0.774 bits per heavy atom. The van der Waals surface area contributed by atoms with Crippen molar-refractivity contribution in [2.24, 2.45) is 0 Å². The molecule has 1 fully saturated rings. The molecule has 0 atom stereocenters. The molecule has 6 heteroatoms. The highest BCUT2D eigenvalue weighted by Gasteiger charge is 2.29. The minimum Gasteiger partial charge on any atom is -0.490 e. The second-order valence-corrected chi connectivity index (χ2v) is 7.59. The van der Waals surface area contributed by atoms with Crippen LogP contribution in [0.5, 0.6) is 11.5 Å². The Bertz CT molecular complexity index is 949. The van der Waals surface area contributed by atoms with Crippen molar-refractivity contribution in [1.82, 2.24) is 0 Å². The molecule has 3 nitrogen and oxygen atoms in total. The molecule has 0 spiro atoms. The van der Waals surface area contributed by atoms with Gasteiger partial charge in [-0.1, -0.05) is 30.3 Å². The number of alkyl halides is 3. The number of anilines is 1. The van der Waals surface area contributed by atoms with Gasteiger partial charge in [0.1, 0.15) is 24.2 Å². The highest BCUT2D eigenvalue weighted by molar-refractivity contribution is 5.46. The molecule has 0 unspecified atom stereocenters. The normalized spacial score (nSPS) is 15.0. The summed E-state index contributed by atoms with van der Waals surface area (Å²) in [4.78, 5) is 2.37. The number of nitrogens with zero attached hydrogens (tertiary/aromatic N) is 1. The Morgan fingerprint density at radius 3 is 2.00 bits per heavy atom. The number of halogens is 3. The van der Waals surface area contributed by atoms with E-state index >= 15 is 0 Å². The molecule has 0 amide bonds. The maximum Gasteiger partial charge on any atom is 0.416 e. The molecule has 1 saturated heterocycles. The van der Waals surface area contributed by atoms with Gasteiger partial charge in [-0.15, -0.1) is 0 Å². The summed E-state index contributed by atoms with van der Waals surface area (Å²) in [5.41, 5.74) is 1.27. The Balaban J connectivity index is 1.24. The maximum absolute atomic E-state index is 12.6. The van der Waals surface area contributed by atoms with Crippen LogP contribution in [0.3, 0.4) is 0 Å². The summed E-state index contributed by atoms with van der Waals surface area (Å²) in [6.45, 7) is 2.13. The zero-order chi connectivity index (χ0) is 21.7. The fourth-order valence-corrected chi connectivity index (χ4v) is 3.63. The molecule has 0 N–H and O–H groups in total. The van der Waals surface area contributed by atoms with E-state index in [9.17, 15) is 13.2 Å². The summed E-state index contributed by atoms with van der Waals surface area (Å²) >= 11 is 0. The molecule has 3 aromatic carbocycles. The zero-order valence-corrected chi connectivity index (χ0v) is 17.0. The van der Waals surface area contributed by atoms with Gasteiger partial charge in [-0.25, -0.2) is 0 Å². The van der Waals surface area contributed by atoms with E-state index < -0.39 is 11.7 Å². The van der Waals surface area contributed by atoms with E-state index in [-0.39, 0.29) is 12.7 Å². The Hall–Kier alpha value is -3.15. The fourth-order valence-electron chi connectivity index (χ4n) is 3.63. The molecule has 0 bridgehead atoms. The van der Waals surface area contributed by atoms with Gasteiger partial charge in [0.05, 0.1) is 5.56 Å². The van der Waals surface area contributed by atoms with Gasteiger partial charge in [0, 0.05) is 31.6 Å². The topological polar surface area (TPSA) is 21.7 Å². The molecule has 0 saturated carbocycles. The molecule has 0 aromatic heterocycles. The van der Waals surface area contributed by atoms with Gasteiger partial charge in [-0.3, -0.25) is 0 Å². The largest absolute Gasteiger partial charge is 0.490 e. The standard InChI is InChI=1S/C25H24F3NO2/c26-25(27,28)20-8-6-19(7-9-20)18-30-22-10-12-23(13-11-22)31-24-14-16-29(17-15-24)21-4-2-1-3-5-21/h1-13,24H,14-18H2. The van der Waals surface area contributed by atoms with Gasteiger partial charge in [0.15, 0.2) is 0 Å². The van der Waals surface area contributed by atoms with Crippen LogP contribution in [0.15, 0.2) is 78.9 Å².